The number of hydrogen-bond donors (Lipinski definition) is 1. The smallest absolute Gasteiger partial charge is 0.321 e. The van der Waals surface area contributed by atoms with Crippen molar-refractivity contribution >= 4 is 17.8 Å². The molecule has 1 aromatic heterocycles. The summed E-state index contributed by atoms with van der Waals surface area (Å²) in [7, 11) is 5.92. The third-order valence-corrected chi connectivity index (χ3v) is 7.44. The van der Waals surface area contributed by atoms with Crippen molar-refractivity contribution in [2.75, 3.05) is 52.8 Å². The molecule has 1 N–H and O–H groups in total. The fourth-order valence-corrected chi connectivity index (χ4v) is 5.54. The van der Waals surface area contributed by atoms with E-state index in [0.717, 1.165) is 25.7 Å². The van der Waals surface area contributed by atoms with Gasteiger partial charge in [0.15, 0.2) is 0 Å². The number of amides is 3. The van der Waals surface area contributed by atoms with E-state index >= 15 is 0 Å². The Morgan fingerprint density at radius 3 is 2.50 bits per heavy atom. The quantitative estimate of drug-likeness (QED) is 0.643. The molecule has 0 bridgehead atoms. The van der Waals surface area contributed by atoms with Crippen LogP contribution >= 0.6 is 0 Å². The lowest BCUT2D eigenvalue weighted by atomic mass is 9.68. The van der Waals surface area contributed by atoms with Crippen LogP contribution in [0.15, 0.2) is 48.9 Å². The van der Waals surface area contributed by atoms with Crippen molar-refractivity contribution in [3.8, 4) is 0 Å². The number of urea groups is 1. The normalized spacial score (nSPS) is 24.8. The van der Waals surface area contributed by atoms with Crippen molar-refractivity contribution < 1.29 is 14.3 Å². The van der Waals surface area contributed by atoms with E-state index < -0.39 is 0 Å². The summed E-state index contributed by atoms with van der Waals surface area (Å²) in [5.74, 6) is 0.160. The van der Waals surface area contributed by atoms with Crippen LogP contribution in [0, 0.1) is 0 Å². The predicted molar refractivity (Wildman–Crippen MR) is 129 cm³/mol. The lowest BCUT2D eigenvalue weighted by molar-refractivity contribution is -0.116. The molecule has 0 atom stereocenters. The van der Waals surface area contributed by atoms with Gasteiger partial charge < -0.3 is 19.9 Å². The van der Waals surface area contributed by atoms with Crippen LogP contribution < -0.4 is 5.32 Å². The molecule has 34 heavy (non-hydrogen) atoms. The molecular formula is C25H34N6O3. The molecule has 2 aromatic rings. The van der Waals surface area contributed by atoms with Crippen molar-refractivity contribution in [1.82, 2.24) is 24.7 Å². The molecule has 1 saturated carbocycles. The van der Waals surface area contributed by atoms with Gasteiger partial charge in [0.1, 0.15) is 18.7 Å². The van der Waals surface area contributed by atoms with E-state index in [1.807, 2.05) is 11.0 Å². The maximum atomic E-state index is 13.4. The Kier molecular flexibility index (Phi) is 7.13. The topological polar surface area (TPSA) is 90.9 Å². The van der Waals surface area contributed by atoms with Gasteiger partial charge in [0.2, 0.25) is 5.91 Å². The van der Waals surface area contributed by atoms with E-state index in [-0.39, 0.29) is 29.6 Å². The second kappa shape index (κ2) is 10.1. The Morgan fingerprint density at radius 2 is 1.88 bits per heavy atom. The summed E-state index contributed by atoms with van der Waals surface area (Å²) in [6.45, 7) is 1.50. The minimum Gasteiger partial charge on any atom is -0.383 e. The fourth-order valence-electron chi connectivity index (χ4n) is 5.54. The van der Waals surface area contributed by atoms with Gasteiger partial charge in [-0.15, -0.1) is 0 Å². The lowest BCUT2D eigenvalue weighted by Gasteiger charge is -2.51. The zero-order chi connectivity index (χ0) is 24.2. The van der Waals surface area contributed by atoms with Gasteiger partial charge in [-0.3, -0.25) is 9.69 Å². The summed E-state index contributed by atoms with van der Waals surface area (Å²) in [4.78, 5) is 39.9. The molecule has 2 fully saturated rings. The molecule has 4 rings (SSSR count). The highest BCUT2D eigenvalue weighted by Gasteiger charge is 2.54. The van der Waals surface area contributed by atoms with Crippen LogP contribution in [0.25, 0.3) is 0 Å². The minimum absolute atomic E-state index is 0.00836. The molecule has 1 saturated heterocycles. The van der Waals surface area contributed by atoms with E-state index in [0.29, 0.717) is 25.5 Å². The second-order valence-electron chi connectivity index (χ2n) is 9.44. The first-order chi connectivity index (χ1) is 16.4. The number of carbonyl (C=O) groups excluding carboxylic acids is 2. The van der Waals surface area contributed by atoms with Crippen LogP contribution in [0.2, 0.25) is 0 Å². The van der Waals surface area contributed by atoms with Gasteiger partial charge in [-0.2, -0.15) is 0 Å². The fraction of sp³-hybridized carbons (Fsp3) is 0.520. The highest BCUT2D eigenvalue weighted by molar-refractivity contribution is 5.94. The maximum Gasteiger partial charge on any atom is 0.321 e. The largest absolute Gasteiger partial charge is 0.383 e. The number of hydrogen-bond acceptors (Lipinski definition) is 6. The third-order valence-electron chi connectivity index (χ3n) is 7.44. The minimum atomic E-state index is -0.306. The molecule has 1 aliphatic heterocycles. The van der Waals surface area contributed by atoms with Crippen molar-refractivity contribution in [2.45, 2.75) is 36.8 Å². The summed E-state index contributed by atoms with van der Waals surface area (Å²) in [5, 5.41) is 2.75. The second-order valence-corrected chi connectivity index (χ2v) is 9.44. The van der Waals surface area contributed by atoms with Gasteiger partial charge in [-0.1, -0.05) is 30.3 Å². The predicted octanol–water partition coefficient (Wildman–Crippen LogP) is 2.57. The van der Waals surface area contributed by atoms with Crippen molar-refractivity contribution in [3.05, 3.63) is 54.5 Å². The molecule has 2 aliphatic rings. The Bertz CT molecular complexity index is 977. The van der Waals surface area contributed by atoms with Crippen molar-refractivity contribution in [1.29, 1.82) is 0 Å². The average molecular weight is 467 g/mol. The van der Waals surface area contributed by atoms with Crippen LogP contribution in [-0.4, -0.2) is 89.6 Å². The SMILES string of the molecule is COCCN1C(=O)N(CC(=O)Nc2ccncn2)CC12CCC(c1ccccc1)(N(C)C)CC2. The van der Waals surface area contributed by atoms with E-state index in [4.69, 9.17) is 4.74 Å². The third kappa shape index (κ3) is 4.63. The monoisotopic (exact) mass is 466 g/mol. The Labute approximate surface area is 201 Å². The van der Waals surface area contributed by atoms with Gasteiger partial charge in [-0.25, -0.2) is 14.8 Å². The Morgan fingerprint density at radius 1 is 1.15 bits per heavy atom. The summed E-state index contributed by atoms with van der Waals surface area (Å²) >= 11 is 0. The van der Waals surface area contributed by atoms with Crippen LogP contribution in [0.1, 0.15) is 31.2 Å². The molecule has 182 valence electrons. The highest BCUT2D eigenvalue weighted by Crippen LogP contribution is 2.48. The number of carbonyl (C=O) groups is 2. The van der Waals surface area contributed by atoms with Gasteiger partial charge in [-0.05, 0) is 51.4 Å². The summed E-state index contributed by atoms with van der Waals surface area (Å²) in [6.07, 6.45) is 6.53. The molecule has 1 spiro atoms. The first-order valence-electron chi connectivity index (χ1n) is 11.7. The van der Waals surface area contributed by atoms with Gasteiger partial charge in [0, 0.05) is 31.9 Å². The van der Waals surface area contributed by atoms with E-state index in [9.17, 15) is 9.59 Å². The van der Waals surface area contributed by atoms with Gasteiger partial charge in [0.05, 0.1) is 12.1 Å². The number of nitrogens with zero attached hydrogens (tertiary/aromatic N) is 5. The number of methoxy groups -OCH3 is 1. The van der Waals surface area contributed by atoms with Crippen LogP contribution in [-0.2, 0) is 15.1 Å². The lowest BCUT2D eigenvalue weighted by Crippen LogP contribution is -2.56. The molecule has 0 unspecified atom stereocenters. The van der Waals surface area contributed by atoms with Crippen LogP contribution in [0.3, 0.4) is 0 Å². The molecule has 9 nitrogen and oxygen atoms in total. The zero-order valence-electron chi connectivity index (χ0n) is 20.2. The average Bonchev–Trinajstić information content (AvgIpc) is 3.09. The number of ether oxygens (including phenoxy) is 1. The molecule has 2 heterocycles. The van der Waals surface area contributed by atoms with Crippen molar-refractivity contribution in [2.24, 2.45) is 0 Å². The summed E-state index contributed by atoms with van der Waals surface area (Å²) < 4.78 is 5.32. The summed E-state index contributed by atoms with van der Waals surface area (Å²) in [6, 6.07) is 12.1. The molecule has 3 amide bonds. The first kappa shape index (κ1) is 24.1. The number of rotatable bonds is 8. The first-order valence-corrected chi connectivity index (χ1v) is 11.7. The number of nitrogens with one attached hydrogen (secondary N) is 1. The molecule has 1 aliphatic carbocycles. The maximum absolute atomic E-state index is 13.4. The van der Waals surface area contributed by atoms with Crippen LogP contribution in [0.5, 0.6) is 0 Å². The molecule has 1 aromatic carbocycles. The van der Waals surface area contributed by atoms with Crippen molar-refractivity contribution in [3.63, 3.8) is 0 Å². The Hall–Kier alpha value is -3.04. The molecule has 9 heteroatoms. The number of anilines is 1. The van der Waals surface area contributed by atoms with Gasteiger partial charge >= 0.3 is 6.03 Å². The van der Waals surface area contributed by atoms with E-state index in [2.05, 4.69) is 58.5 Å². The highest BCUT2D eigenvalue weighted by atomic mass is 16.5. The molecular weight excluding hydrogens is 432 g/mol. The number of benzene rings is 1. The number of aromatic nitrogens is 2. The van der Waals surface area contributed by atoms with E-state index in [1.165, 1.54) is 11.9 Å². The molecule has 0 radical (unpaired) electrons. The van der Waals surface area contributed by atoms with Crippen LogP contribution in [0.4, 0.5) is 10.6 Å². The Balaban J connectivity index is 1.51. The standard InChI is InChI=1S/C25H34N6O3/c1-29(2)25(20-7-5-4-6-8-20)12-10-24(11-13-25)18-30(23(33)31(24)15-16-34-3)17-22(32)28-21-9-14-26-19-27-21/h4-9,14,19H,10-13,15-18H2,1-3H3,(H,26,27,28,32). The van der Waals surface area contributed by atoms with E-state index in [1.54, 1.807) is 24.3 Å². The van der Waals surface area contributed by atoms with Gasteiger partial charge in [0.25, 0.3) is 0 Å². The summed E-state index contributed by atoms with van der Waals surface area (Å²) in [5.41, 5.74) is 0.933. The zero-order valence-corrected chi connectivity index (χ0v) is 20.2.